The van der Waals surface area contributed by atoms with E-state index < -0.39 is 0 Å². The summed E-state index contributed by atoms with van der Waals surface area (Å²) in [6.07, 6.45) is 1.80. The first kappa shape index (κ1) is 9.86. The summed E-state index contributed by atoms with van der Waals surface area (Å²) in [7, 11) is 0. The predicted octanol–water partition coefficient (Wildman–Crippen LogP) is 3.52. The number of aromatic nitrogens is 3. The number of benzene rings is 1. The molecule has 0 saturated carbocycles. The molecule has 16 heavy (non-hydrogen) atoms. The van der Waals surface area contributed by atoms with Crippen molar-refractivity contribution in [3.05, 3.63) is 40.4 Å². The van der Waals surface area contributed by atoms with Crippen LogP contribution in [0.4, 0.5) is 0 Å². The van der Waals surface area contributed by atoms with Gasteiger partial charge in [0.05, 0.1) is 5.52 Å². The Balaban J connectivity index is 2.18. The van der Waals surface area contributed by atoms with Crippen LogP contribution in [0.2, 0.25) is 0 Å². The average molecular weight is 292 g/mol. The molecule has 3 rings (SSSR count). The lowest BCUT2D eigenvalue weighted by atomic mass is 10.1. The highest BCUT2D eigenvalue weighted by Gasteiger charge is 2.05. The van der Waals surface area contributed by atoms with E-state index in [4.69, 9.17) is 0 Å². The number of fused-ring (bicyclic) bond motifs is 1. The summed E-state index contributed by atoms with van der Waals surface area (Å²) < 4.78 is 0.800. The van der Waals surface area contributed by atoms with E-state index in [2.05, 4.69) is 37.2 Å². The number of hydrogen-bond donors (Lipinski definition) is 0. The molecule has 0 atom stereocenters. The van der Waals surface area contributed by atoms with Gasteiger partial charge in [-0.3, -0.25) is 4.98 Å². The second-order valence-electron chi connectivity index (χ2n) is 3.27. The fourth-order valence-corrected chi connectivity index (χ4v) is 2.64. The van der Waals surface area contributed by atoms with Crippen LogP contribution in [0, 0.1) is 0 Å². The third-order valence-electron chi connectivity index (χ3n) is 2.25. The molecule has 0 saturated heterocycles. The molecule has 0 aliphatic rings. The normalized spacial score (nSPS) is 10.8. The lowest BCUT2D eigenvalue weighted by Gasteiger charge is -1.98. The van der Waals surface area contributed by atoms with Crippen molar-refractivity contribution in [1.29, 1.82) is 0 Å². The van der Waals surface area contributed by atoms with Gasteiger partial charge in [0.15, 0.2) is 3.92 Å². The smallest absolute Gasteiger partial charge is 0.183 e. The summed E-state index contributed by atoms with van der Waals surface area (Å²) >= 11 is 4.84. The fraction of sp³-hybridized carbons (Fsp3) is 0. The molecule has 0 N–H and O–H groups in total. The van der Waals surface area contributed by atoms with Gasteiger partial charge in [-0.05, 0) is 40.2 Å². The molecule has 2 aromatic heterocycles. The first-order valence-electron chi connectivity index (χ1n) is 4.67. The highest BCUT2D eigenvalue weighted by Crippen LogP contribution is 2.28. The highest BCUT2D eigenvalue weighted by atomic mass is 79.9. The van der Waals surface area contributed by atoms with E-state index in [0.29, 0.717) is 0 Å². The van der Waals surface area contributed by atoms with Gasteiger partial charge in [-0.25, -0.2) is 0 Å². The van der Waals surface area contributed by atoms with E-state index in [1.165, 1.54) is 11.3 Å². The molecule has 0 aliphatic carbocycles. The average Bonchev–Trinajstić information content (AvgIpc) is 2.75. The van der Waals surface area contributed by atoms with Crippen LogP contribution in [-0.2, 0) is 0 Å². The van der Waals surface area contributed by atoms with Gasteiger partial charge in [0, 0.05) is 17.1 Å². The number of pyridine rings is 1. The lowest BCUT2D eigenvalue weighted by molar-refractivity contribution is 1.08. The predicted molar refractivity (Wildman–Crippen MR) is 68.3 cm³/mol. The Hall–Kier alpha value is -1.33. The molecule has 0 unspecified atom stereocenters. The molecule has 3 aromatic rings. The minimum atomic E-state index is 0.800. The van der Waals surface area contributed by atoms with Gasteiger partial charge in [-0.2, -0.15) is 0 Å². The number of halogens is 1. The van der Waals surface area contributed by atoms with Crippen LogP contribution in [0.3, 0.4) is 0 Å². The van der Waals surface area contributed by atoms with Crippen LogP contribution in [-0.4, -0.2) is 15.2 Å². The molecule has 1 aromatic carbocycles. The third kappa shape index (κ3) is 1.72. The van der Waals surface area contributed by atoms with Crippen molar-refractivity contribution in [2.24, 2.45) is 0 Å². The zero-order valence-electron chi connectivity index (χ0n) is 8.09. The van der Waals surface area contributed by atoms with Crippen molar-refractivity contribution in [3.8, 4) is 10.6 Å². The minimum absolute atomic E-state index is 0.800. The van der Waals surface area contributed by atoms with Gasteiger partial charge in [-0.1, -0.05) is 17.4 Å². The summed E-state index contributed by atoms with van der Waals surface area (Å²) in [4.78, 5) is 4.28. The van der Waals surface area contributed by atoms with Crippen molar-refractivity contribution in [2.75, 3.05) is 0 Å². The number of rotatable bonds is 1. The molecule has 0 bridgehead atoms. The largest absolute Gasteiger partial charge is 0.256 e. The van der Waals surface area contributed by atoms with Crippen molar-refractivity contribution in [3.63, 3.8) is 0 Å². The van der Waals surface area contributed by atoms with Crippen LogP contribution >= 0.6 is 27.3 Å². The van der Waals surface area contributed by atoms with Crippen molar-refractivity contribution >= 4 is 38.2 Å². The number of nitrogens with zero attached hydrogens (tertiary/aromatic N) is 3. The maximum absolute atomic E-state index is 4.28. The van der Waals surface area contributed by atoms with Crippen molar-refractivity contribution in [2.45, 2.75) is 0 Å². The molecule has 0 spiro atoms. The topological polar surface area (TPSA) is 38.7 Å². The first-order chi connectivity index (χ1) is 7.83. The summed E-state index contributed by atoms with van der Waals surface area (Å²) in [5.74, 6) is 0. The maximum Gasteiger partial charge on any atom is 0.183 e. The van der Waals surface area contributed by atoms with Crippen LogP contribution in [0.1, 0.15) is 0 Å². The SMILES string of the molecule is Brc1nnc(-c2ccc3ncccc3c2)s1. The third-order valence-corrected chi connectivity index (χ3v) is 3.66. The van der Waals surface area contributed by atoms with E-state index >= 15 is 0 Å². The van der Waals surface area contributed by atoms with Gasteiger partial charge in [0.1, 0.15) is 5.01 Å². The molecular weight excluding hydrogens is 286 g/mol. The van der Waals surface area contributed by atoms with Gasteiger partial charge in [-0.15, -0.1) is 10.2 Å². The van der Waals surface area contributed by atoms with Crippen LogP contribution < -0.4 is 0 Å². The lowest BCUT2D eigenvalue weighted by Crippen LogP contribution is -1.80. The van der Waals surface area contributed by atoms with E-state index in [0.717, 1.165) is 25.4 Å². The molecule has 5 heteroatoms. The Morgan fingerprint density at radius 3 is 2.88 bits per heavy atom. The Morgan fingerprint density at radius 1 is 1.12 bits per heavy atom. The Morgan fingerprint density at radius 2 is 2.06 bits per heavy atom. The van der Waals surface area contributed by atoms with Crippen LogP contribution in [0.15, 0.2) is 40.4 Å². The van der Waals surface area contributed by atoms with Crippen LogP contribution in [0.5, 0.6) is 0 Å². The molecule has 0 radical (unpaired) electrons. The monoisotopic (exact) mass is 291 g/mol. The molecule has 78 valence electrons. The Kier molecular flexibility index (Phi) is 2.41. The second-order valence-corrected chi connectivity index (χ2v) is 5.52. The highest BCUT2D eigenvalue weighted by molar-refractivity contribution is 9.11. The molecule has 2 heterocycles. The molecule has 0 amide bonds. The molecule has 3 nitrogen and oxygen atoms in total. The van der Waals surface area contributed by atoms with E-state index in [9.17, 15) is 0 Å². The van der Waals surface area contributed by atoms with E-state index in [1.54, 1.807) is 6.20 Å². The van der Waals surface area contributed by atoms with E-state index in [-0.39, 0.29) is 0 Å². The van der Waals surface area contributed by atoms with Gasteiger partial charge in [0.2, 0.25) is 0 Å². The van der Waals surface area contributed by atoms with E-state index in [1.807, 2.05) is 24.3 Å². The molecule has 0 fully saturated rings. The summed E-state index contributed by atoms with van der Waals surface area (Å²) in [6, 6.07) is 10.1. The maximum atomic E-state index is 4.28. The van der Waals surface area contributed by atoms with Crippen molar-refractivity contribution < 1.29 is 0 Å². The minimum Gasteiger partial charge on any atom is -0.256 e. The zero-order valence-corrected chi connectivity index (χ0v) is 10.5. The Labute approximate surface area is 104 Å². The molecule has 0 aliphatic heterocycles. The summed E-state index contributed by atoms with van der Waals surface area (Å²) in [6.45, 7) is 0. The summed E-state index contributed by atoms with van der Waals surface area (Å²) in [5, 5.41) is 10.1. The van der Waals surface area contributed by atoms with Crippen LogP contribution in [0.25, 0.3) is 21.5 Å². The fourth-order valence-electron chi connectivity index (χ4n) is 1.53. The number of hydrogen-bond acceptors (Lipinski definition) is 4. The first-order valence-corrected chi connectivity index (χ1v) is 6.28. The zero-order chi connectivity index (χ0) is 11.0. The second kappa shape index (κ2) is 3.92. The Bertz CT molecular complexity index is 650. The molecular formula is C11H6BrN3S. The van der Waals surface area contributed by atoms with Gasteiger partial charge >= 0.3 is 0 Å². The van der Waals surface area contributed by atoms with Gasteiger partial charge < -0.3 is 0 Å². The van der Waals surface area contributed by atoms with Crippen molar-refractivity contribution in [1.82, 2.24) is 15.2 Å². The quantitative estimate of drug-likeness (QED) is 0.689. The summed E-state index contributed by atoms with van der Waals surface area (Å²) in [5.41, 5.74) is 2.07. The van der Waals surface area contributed by atoms with Gasteiger partial charge in [0.25, 0.3) is 0 Å². The standard InChI is InChI=1S/C11H6BrN3S/c12-11-15-14-10(16-11)8-3-4-9-7(6-8)2-1-5-13-9/h1-6H.